The van der Waals surface area contributed by atoms with Crippen molar-refractivity contribution in [3.63, 3.8) is 0 Å². The van der Waals surface area contributed by atoms with Gasteiger partial charge in [-0.3, -0.25) is 14.9 Å². The van der Waals surface area contributed by atoms with E-state index >= 15 is 0 Å². The van der Waals surface area contributed by atoms with Crippen LogP contribution in [0.15, 0.2) is 35.4 Å². The van der Waals surface area contributed by atoms with E-state index in [0.29, 0.717) is 0 Å². The molecule has 114 valence electrons. The van der Waals surface area contributed by atoms with Gasteiger partial charge in [-0.15, -0.1) is 0 Å². The van der Waals surface area contributed by atoms with Crippen LogP contribution < -0.4 is 21.2 Å². The quantitative estimate of drug-likeness (QED) is 0.537. The molecule has 11 nitrogen and oxygen atoms in total. The van der Waals surface area contributed by atoms with Gasteiger partial charge in [0.05, 0.1) is 17.7 Å². The third-order valence-corrected chi connectivity index (χ3v) is 2.99. The number of nitrogens with zero attached hydrogens (tertiary/aromatic N) is 4. The zero-order valence-electron chi connectivity index (χ0n) is 10.8. The molecule has 3 N–H and O–H groups in total. The lowest BCUT2D eigenvalue weighted by molar-refractivity contribution is 0.296. The minimum absolute atomic E-state index is 0.0167. The molecule has 0 spiro atoms. The molecule has 2 aromatic heterocycles. The summed E-state index contributed by atoms with van der Waals surface area (Å²) in [6, 6.07) is 5.60. The third-order valence-electron chi connectivity index (χ3n) is 2.99. The van der Waals surface area contributed by atoms with Crippen molar-refractivity contribution in [3.05, 3.63) is 62.1 Å². The summed E-state index contributed by atoms with van der Waals surface area (Å²) in [7, 11) is 0. The maximum absolute atomic E-state index is 11.8. The van der Waals surface area contributed by atoms with Crippen LogP contribution in [0.25, 0.3) is 16.7 Å². The summed E-state index contributed by atoms with van der Waals surface area (Å²) in [5.74, 6) is 0. The highest BCUT2D eigenvalue weighted by Gasteiger charge is 2.16. The van der Waals surface area contributed by atoms with Crippen LogP contribution in [0, 0.1) is 15.6 Å². The monoisotopic (exact) mass is 304 g/mol. The molecule has 0 aliphatic heterocycles. The standard InChI is InChI=1S/C11H8N6O5/c18-11-8-9(12-5-13-11)15(14-10(8)17(21)22)6-2-1-3-7(4-6)16(19)20/h1-5,14,19H,(H-,12,13,18,21,22)/q-2. The lowest BCUT2D eigenvalue weighted by Gasteiger charge is -2.21. The second kappa shape index (κ2) is 4.91. The number of aromatic amines is 2. The Kier molecular flexibility index (Phi) is 3.05. The number of hydrogen-bond acceptors (Lipinski definition) is 7. The van der Waals surface area contributed by atoms with Crippen LogP contribution in [0.2, 0.25) is 0 Å². The lowest BCUT2D eigenvalue weighted by atomic mass is 10.3. The summed E-state index contributed by atoms with van der Waals surface area (Å²) in [4.78, 5) is 17.2. The van der Waals surface area contributed by atoms with E-state index in [1.807, 2.05) is 0 Å². The van der Waals surface area contributed by atoms with Gasteiger partial charge in [-0.25, -0.2) is 4.98 Å². The van der Waals surface area contributed by atoms with Crippen molar-refractivity contribution in [1.29, 1.82) is 0 Å². The molecule has 11 heteroatoms. The Labute approximate surface area is 120 Å². The maximum atomic E-state index is 11.8. The van der Waals surface area contributed by atoms with Crippen LogP contribution in [-0.2, 0) is 0 Å². The van der Waals surface area contributed by atoms with E-state index in [9.17, 15) is 20.4 Å². The Morgan fingerprint density at radius 3 is 2.82 bits per heavy atom. The van der Waals surface area contributed by atoms with Gasteiger partial charge in [-0.05, 0) is 18.2 Å². The van der Waals surface area contributed by atoms with Crippen molar-refractivity contribution < 1.29 is 5.21 Å². The third kappa shape index (κ3) is 2.06. The number of fused-ring (bicyclic) bond motifs is 1. The van der Waals surface area contributed by atoms with E-state index in [2.05, 4.69) is 15.1 Å². The van der Waals surface area contributed by atoms with Gasteiger partial charge in [0.1, 0.15) is 0 Å². The Morgan fingerprint density at radius 2 is 2.14 bits per heavy atom. The van der Waals surface area contributed by atoms with E-state index in [4.69, 9.17) is 5.21 Å². The highest BCUT2D eigenvalue weighted by Crippen LogP contribution is 2.18. The Hall–Kier alpha value is -3.31. The first-order valence-corrected chi connectivity index (χ1v) is 5.91. The number of hydrogen-bond donors (Lipinski definition) is 3. The molecule has 0 saturated carbocycles. The molecular weight excluding hydrogens is 296 g/mol. The van der Waals surface area contributed by atoms with E-state index in [0.717, 1.165) is 6.33 Å². The largest absolute Gasteiger partial charge is 0.733 e. The minimum atomic E-state index is -0.744. The van der Waals surface area contributed by atoms with Crippen molar-refractivity contribution in [1.82, 2.24) is 24.7 Å². The van der Waals surface area contributed by atoms with E-state index in [-0.39, 0.29) is 27.6 Å². The Balaban J connectivity index is 2.38. The molecule has 0 aliphatic carbocycles. The Bertz CT molecular complexity index is 965. The first-order valence-electron chi connectivity index (χ1n) is 5.91. The Morgan fingerprint density at radius 1 is 1.36 bits per heavy atom. The number of aromatic nitrogens is 4. The lowest BCUT2D eigenvalue weighted by Crippen LogP contribution is -2.25. The van der Waals surface area contributed by atoms with Crippen molar-refractivity contribution in [2.75, 3.05) is 5.23 Å². The zero-order chi connectivity index (χ0) is 15.9. The average Bonchev–Trinajstić information content (AvgIpc) is 2.88. The van der Waals surface area contributed by atoms with Gasteiger partial charge in [0, 0.05) is 0 Å². The van der Waals surface area contributed by atoms with Crippen LogP contribution in [0.1, 0.15) is 0 Å². The fourth-order valence-electron chi connectivity index (χ4n) is 2.06. The highest BCUT2D eigenvalue weighted by molar-refractivity contribution is 5.74. The van der Waals surface area contributed by atoms with E-state index in [1.54, 1.807) is 0 Å². The smallest absolute Gasteiger partial charge is 0.316 e. The number of H-pyrrole nitrogens is 2. The average molecular weight is 304 g/mol. The van der Waals surface area contributed by atoms with Crippen LogP contribution >= 0.6 is 0 Å². The molecule has 0 aliphatic rings. The van der Waals surface area contributed by atoms with Crippen LogP contribution in [0.3, 0.4) is 0 Å². The predicted octanol–water partition coefficient (Wildman–Crippen LogP) is -0.497. The molecule has 1 aromatic carbocycles. The van der Waals surface area contributed by atoms with Crippen LogP contribution in [-0.4, -0.2) is 25.0 Å². The number of benzene rings is 1. The van der Waals surface area contributed by atoms with Gasteiger partial charge >= 0.3 is 5.49 Å². The molecule has 0 saturated heterocycles. The summed E-state index contributed by atoms with van der Waals surface area (Å²) in [5.41, 5.74) is -0.986. The highest BCUT2D eigenvalue weighted by atomic mass is 16.8. The van der Waals surface area contributed by atoms with Gasteiger partial charge in [0.2, 0.25) is 0 Å². The van der Waals surface area contributed by atoms with Gasteiger partial charge in [-0.2, -0.15) is 9.78 Å². The predicted molar refractivity (Wildman–Crippen MR) is 75.7 cm³/mol. The second-order valence-electron chi connectivity index (χ2n) is 4.28. The minimum Gasteiger partial charge on any atom is -0.733 e. The molecule has 0 radical (unpaired) electrons. The zero-order valence-corrected chi connectivity index (χ0v) is 10.8. The fourth-order valence-corrected chi connectivity index (χ4v) is 2.06. The first kappa shape index (κ1) is 13.7. The van der Waals surface area contributed by atoms with Gasteiger partial charge < -0.3 is 25.8 Å². The normalized spacial score (nSPS) is 10.8. The molecule has 0 atom stereocenters. The summed E-state index contributed by atoms with van der Waals surface area (Å²) in [5, 5.41) is 43.9. The van der Waals surface area contributed by atoms with Crippen molar-refractivity contribution >= 4 is 16.7 Å². The molecular formula is C11H8N6O5-2. The number of anilines is 1. The molecule has 2 heterocycles. The maximum Gasteiger partial charge on any atom is 0.316 e. The van der Waals surface area contributed by atoms with Crippen LogP contribution in [0.5, 0.6) is 0 Å². The van der Waals surface area contributed by atoms with E-state index in [1.165, 1.54) is 28.9 Å². The van der Waals surface area contributed by atoms with Crippen LogP contribution in [0.4, 0.5) is 5.69 Å². The van der Waals surface area contributed by atoms with Gasteiger partial charge in [0.25, 0.3) is 5.56 Å². The summed E-state index contributed by atoms with van der Waals surface area (Å²) in [6.07, 6.45) is 1.11. The van der Waals surface area contributed by atoms with Crippen molar-refractivity contribution in [2.45, 2.75) is 0 Å². The molecule has 0 fully saturated rings. The summed E-state index contributed by atoms with van der Waals surface area (Å²) < 4.78 is 1.18. The molecule has 0 bridgehead atoms. The molecule has 0 amide bonds. The number of nitrogens with one attached hydrogen (secondary N) is 2. The molecule has 3 aromatic rings. The topological polar surface area (TPSA) is 162 Å². The first-order chi connectivity index (χ1) is 10.5. The molecule has 3 rings (SSSR count). The molecule has 0 unspecified atom stereocenters. The van der Waals surface area contributed by atoms with Gasteiger partial charge in [-0.1, -0.05) is 6.07 Å². The van der Waals surface area contributed by atoms with Crippen molar-refractivity contribution in [2.24, 2.45) is 0 Å². The van der Waals surface area contributed by atoms with Gasteiger partial charge in [0.15, 0.2) is 11.0 Å². The summed E-state index contributed by atoms with van der Waals surface area (Å²) in [6.45, 7) is 0. The number of rotatable bonds is 2. The van der Waals surface area contributed by atoms with Crippen molar-refractivity contribution in [3.8, 4) is 5.69 Å². The SMILES string of the molecule is O=c1[nH]cnc2c1c(=[N+]([O-])[O-])[nH]n2-c1cccc(N([O-])O)c1. The second-order valence-corrected chi connectivity index (χ2v) is 4.28. The van der Waals surface area contributed by atoms with E-state index < -0.39 is 15.9 Å². The fraction of sp³-hybridized carbons (Fsp3) is 0. The summed E-state index contributed by atoms with van der Waals surface area (Å²) >= 11 is 0. The molecule has 22 heavy (non-hydrogen) atoms.